The van der Waals surface area contributed by atoms with Crippen molar-refractivity contribution < 1.29 is 4.79 Å². The quantitative estimate of drug-likeness (QED) is 0.837. The van der Waals surface area contributed by atoms with Crippen LogP contribution in [0.3, 0.4) is 0 Å². The largest absolute Gasteiger partial charge is 0.392 e. The molecular formula is C12H14BrN3OS. The third kappa shape index (κ3) is 2.54. The molecule has 1 amide bonds. The second kappa shape index (κ2) is 5.32. The van der Waals surface area contributed by atoms with Gasteiger partial charge in [0.25, 0.3) is 0 Å². The zero-order valence-electron chi connectivity index (χ0n) is 9.78. The number of amides is 1. The van der Waals surface area contributed by atoms with Crippen LogP contribution in [0.1, 0.15) is 25.7 Å². The maximum Gasteiger partial charge on any atom is 0.237 e. The topological polar surface area (TPSA) is 68.0 Å². The monoisotopic (exact) mass is 327 g/mol. The molecule has 0 aliphatic heterocycles. The second-order valence-corrected chi connectivity index (χ2v) is 5.85. The summed E-state index contributed by atoms with van der Waals surface area (Å²) < 4.78 is 0.816. The van der Waals surface area contributed by atoms with Gasteiger partial charge in [-0.2, -0.15) is 0 Å². The second-order valence-electron chi connectivity index (χ2n) is 4.50. The molecule has 18 heavy (non-hydrogen) atoms. The van der Waals surface area contributed by atoms with Crippen molar-refractivity contribution in [3.05, 3.63) is 22.9 Å². The molecule has 0 atom stereocenters. The van der Waals surface area contributed by atoms with Crippen molar-refractivity contribution in [2.24, 2.45) is 11.1 Å². The minimum absolute atomic E-state index is 0.118. The number of anilines is 1. The summed E-state index contributed by atoms with van der Waals surface area (Å²) in [5, 5.41) is 2.85. The Morgan fingerprint density at radius 3 is 2.67 bits per heavy atom. The Hall–Kier alpha value is -1.01. The van der Waals surface area contributed by atoms with Gasteiger partial charge in [0.2, 0.25) is 5.91 Å². The van der Waals surface area contributed by atoms with Gasteiger partial charge in [-0.3, -0.25) is 9.78 Å². The lowest BCUT2D eigenvalue weighted by Crippen LogP contribution is -2.43. The number of hydrogen-bond donors (Lipinski definition) is 2. The fraction of sp³-hybridized carbons (Fsp3) is 0.417. The number of nitrogens with zero attached hydrogens (tertiary/aromatic N) is 1. The Balaban J connectivity index is 2.18. The van der Waals surface area contributed by atoms with E-state index in [0.717, 1.165) is 30.2 Å². The Morgan fingerprint density at radius 1 is 1.44 bits per heavy atom. The predicted molar refractivity (Wildman–Crippen MR) is 78.3 cm³/mol. The summed E-state index contributed by atoms with van der Waals surface area (Å²) in [4.78, 5) is 16.7. The summed E-state index contributed by atoms with van der Waals surface area (Å²) >= 11 is 8.39. The molecule has 0 spiro atoms. The SMILES string of the molecule is NC(=S)C1(C(=O)Nc2cncc(Br)c2)CCCC1. The molecule has 1 aromatic heterocycles. The molecule has 6 heteroatoms. The van der Waals surface area contributed by atoms with Gasteiger partial charge in [-0.15, -0.1) is 0 Å². The summed E-state index contributed by atoms with van der Waals surface area (Å²) in [7, 11) is 0. The number of nitrogens with two attached hydrogens (primary N) is 1. The molecule has 1 aromatic rings. The Kier molecular flexibility index (Phi) is 3.97. The normalized spacial score (nSPS) is 17.4. The third-order valence-corrected chi connectivity index (χ3v) is 4.15. The maximum absolute atomic E-state index is 12.4. The molecular weight excluding hydrogens is 314 g/mol. The molecule has 1 aliphatic rings. The van der Waals surface area contributed by atoms with Crippen LogP contribution < -0.4 is 11.1 Å². The molecule has 1 saturated carbocycles. The minimum atomic E-state index is -0.683. The van der Waals surface area contributed by atoms with E-state index in [9.17, 15) is 4.79 Å². The molecule has 1 aliphatic carbocycles. The molecule has 0 aromatic carbocycles. The van der Waals surface area contributed by atoms with Crippen LogP contribution in [0.15, 0.2) is 22.9 Å². The van der Waals surface area contributed by atoms with Gasteiger partial charge in [-0.05, 0) is 34.8 Å². The number of pyridine rings is 1. The van der Waals surface area contributed by atoms with E-state index in [4.69, 9.17) is 18.0 Å². The van der Waals surface area contributed by atoms with Gasteiger partial charge in [0, 0.05) is 10.7 Å². The van der Waals surface area contributed by atoms with Crippen LogP contribution in [0.2, 0.25) is 0 Å². The molecule has 0 bridgehead atoms. The Labute approximate surface area is 119 Å². The van der Waals surface area contributed by atoms with Gasteiger partial charge >= 0.3 is 0 Å². The van der Waals surface area contributed by atoms with E-state index in [2.05, 4.69) is 26.2 Å². The van der Waals surface area contributed by atoms with Gasteiger partial charge in [-0.1, -0.05) is 25.1 Å². The number of hydrogen-bond acceptors (Lipinski definition) is 3. The summed E-state index contributed by atoms with van der Waals surface area (Å²) in [6.07, 6.45) is 6.70. The van der Waals surface area contributed by atoms with E-state index in [1.54, 1.807) is 18.5 Å². The third-order valence-electron chi connectivity index (χ3n) is 3.33. The molecule has 0 unspecified atom stereocenters. The van der Waals surface area contributed by atoms with Crippen LogP contribution in [0.4, 0.5) is 5.69 Å². The highest BCUT2D eigenvalue weighted by Gasteiger charge is 2.43. The molecule has 96 valence electrons. The number of thiocarbonyl (C=S) groups is 1. The lowest BCUT2D eigenvalue weighted by molar-refractivity contribution is -0.122. The van der Waals surface area contributed by atoms with Crippen molar-refractivity contribution in [3.8, 4) is 0 Å². The standard InChI is InChI=1S/C12H14BrN3OS/c13-8-5-9(7-15-6-8)16-11(17)12(10(14)18)3-1-2-4-12/h5-7H,1-4H2,(H2,14,18)(H,16,17). The van der Waals surface area contributed by atoms with Crippen molar-refractivity contribution in [1.29, 1.82) is 0 Å². The average Bonchev–Trinajstić information content (AvgIpc) is 2.79. The van der Waals surface area contributed by atoms with Crippen LogP contribution in [-0.2, 0) is 4.79 Å². The van der Waals surface area contributed by atoms with Crippen molar-refractivity contribution in [3.63, 3.8) is 0 Å². The molecule has 1 fully saturated rings. The average molecular weight is 328 g/mol. The summed E-state index contributed by atoms with van der Waals surface area (Å²) in [5.41, 5.74) is 5.73. The molecule has 0 radical (unpaired) electrons. The molecule has 0 saturated heterocycles. The van der Waals surface area contributed by atoms with Crippen LogP contribution >= 0.6 is 28.1 Å². The minimum Gasteiger partial charge on any atom is -0.392 e. The highest BCUT2D eigenvalue weighted by Crippen LogP contribution is 2.39. The van der Waals surface area contributed by atoms with Crippen LogP contribution in [0.5, 0.6) is 0 Å². The summed E-state index contributed by atoms with van der Waals surface area (Å²) in [6, 6.07) is 1.80. The Morgan fingerprint density at radius 2 is 2.11 bits per heavy atom. The fourth-order valence-corrected chi connectivity index (χ4v) is 2.96. The zero-order valence-corrected chi connectivity index (χ0v) is 12.2. The van der Waals surface area contributed by atoms with Crippen LogP contribution in [-0.4, -0.2) is 15.9 Å². The zero-order chi connectivity index (χ0) is 13.2. The van der Waals surface area contributed by atoms with Crippen LogP contribution in [0, 0.1) is 5.41 Å². The first-order valence-electron chi connectivity index (χ1n) is 5.76. The van der Waals surface area contributed by atoms with E-state index < -0.39 is 5.41 Å². The first kappa shape index (κ1) is 13.4. The molecule has 3 N–H and O–H groups in total. The Bertz CT molecular complexity index is 486. The molecule has 1 heterocycles. The van der Waals surface area contributed by atoms with Crippen molar-refractivity contribution in [2.45, 2.75) is 25.7 Å². The predicted octanol–water partition coefficient (Wildman–Crippen LogP) is 2.63. The van der Waals surface area contributed by atoms with Gasteiger partial charge < -0.3 is 11.1 Å². The lowest BCUT2D eigenvalue weighted by atomic mass is 9.85. The lowest BCUT2D eigenvalue weighted by Gasteiger charge is -2.26. The molecule has 4 nitrogen and oxygen atoms in total. The van der Waals surface area contributed by atoms with E-state index in [-0.39, 0.29) is 5.91 Å². The van der Waals surface area contributed by atoms with E-state index in [0.29, 0.717) is 10.7 Å². The van der Waals surface area contributed by atoms with Crippen LogP contribution in [0.25, 0.3) is 0 Å². The van der Waals surface area contributed by atoms with E-state index in [1.165, 1.54) is 0 Å². The summed E-state index contributed by atoms with van der Waals surface area (Å²) in [5.74, 6) is -0.118. The van der Waals surface area contributed by atoms with Gasteiger partial charge in [0.1, 0.15) is 0 Å². The smallest absolute Gasteiger partial charge is 0.237 e. The summed E-state index contributed by atoms with van der Waals surface area (Å²) in [6.45, 7) is 0. The maximum atomic E-state index is 12.4. The highest BCUT2D eigenvalue weighted by molar-refractivity contribution is 9.10. The van der Waals surface area contributed by atoms with Crippen molar-refractivity contribution in [2.75, 3.05) is 5.32 Å². The van der Waals surface area contributed by atoms with E-state index in [1.807, 2.05) is 0 Å². The van der Waals surface area contributed by atoms with Crippen molar-refractivity contribution >= 4 is 44.7 Å². The van der Waals surface area contributed by atoms with Gasteiger partial charge in [0.05, 0.1) is 22.3 Å². The highest BCUT2D eigenvalue weighted by atomic mass is 79.9. The number of carbonyl (C=O) groups excluding carboxylic acids is 1. The fourth-order valence-electron chi connectivity index (χ4n) is 2.29. The molecule has 2 rings (SSSR count). The first-order chi connectivity index (χ1) is 8.54. The van der Waals surface area contributed by atoms with Crippen molar-refractivity contribution in [1.82, 2.24) is 4.98 Å². The number of halogens is 1. The van der Waals surface area contributed by atoms with Gasteiger partial charge in [0.15, 0.2) is 0 Å². The van der Waals surface area contributed by atoms with E-state index >= 15 is 0 Å². The first-order valence-corrected chi connectivity index (χ1v) is 6.97. The number of carbonyl (C=O) groups is 1. The van der Waals surface area contributed by atoms with Gasteiger partial charge in [-0.25, -0.2) is 0 Å². The number of rotatable bonds is 3. The number of aromatic nitrogens is 1. The number of nitrogens with one attached hydrogen (secondary N) is 1.